The molecule has 6 rings (SSSR count). The third kappa shape index (κ3) is 6.13. The number of ether oxygens (including phenoxy) is 1. The number of rotatable bonds is 13. The molecule has 0 aliphatic carbocycles. The number of anilines is 1. The smallest absolute Gasteiger partial charge is 0.253 e. The van der Waals surface area contributed by atoms with Crippen molar-refractivity contribution in [2.45, 2.75) is 48.0 Å². The molecule has 2 bridgehead atoms. The van der Waals surface area contributed by atoms with Crippen molar-refractivity contribution in [3.05, 3.63) is 126 Å². The maximum Gasteiger partial charge on any atom is 0.253 e. The number of nitrogens with zero attached hydrogens (tertiary/aromatic N) is 3. The fraction of sp³-hybridized carbons (Fsp3) is 0.342. The second-order valence-electron chi connectivity index (χ2n) is 12.6. The van der Waals surface area contributed by atoms with Crippen LogP contribution in [0.2, 0.25) is 5.02 Å². The highest BCUT2D eigenvalue weighted by molar-refractivity contribution is 9.09. The summed E-state index contributed by atoms with van der Waals surface area (Å²) in [5.41, 5.74) is 1.12. The highest BCUT2D eigenvalue weighted by atomic mass is 79.9. The van der Waals surface area contributed by atoms with Gasteiger partial charge in [0.15, 0.2) is 0 Å². The van der Waals surface area contributed by atoms with Crippen LogP contribution in [0.15, 0.2) is 110 Å². The van der Waals surface area contributed by atoms with Crippen molar-refractivity contribution in [1.29, 1.82) is 0 Å². The van der Waals surface area contributed by atoms with E-state index in [2.05, 4.69) is 29.1 Å². The molecule has 48 heavy (non-hydrogen) atoms. The van der Waals surface area contributed by atoms with Gasteiger partial charge in [0.25, 0.3) is 5.91 Å². The summed E-state index contributed by atoms with van der Waals surface area (Å²) in [4.78, 5) is 49.0. The number of likely N-dealkylation sites (tertiary alicyclic amines) is 1. The molecule has 8 nitrogen and oxygen atoms in total. The Bertz CT molecular complexity index is 1660. The van der Waals surface area contributed by atoms with Crippen LogP contribution in [-0.2, 0) is 32.1 Å². The molecule has 3 saturated heterocycles. The molecule has 0 aromatic heterocycles. The summed E-state index contributed by atoms with van der Waals surface area (Å²) in [6, 6.07) is 24.2. The van der Waals surface area contributed by atoms with E-state index >= 15 is 4.79 Å². The van der Waals surface area contributed by atoms with Crippen LogP contribution in [0.4, 0.5) is 5.69 Å². The quantitative estimate of drug-likeness (QED) is 0.187. The van der Waals surface area contributed by atoms with Gasteiger partial charge in [0, 0.05) is 35.2 Å². The normalized spacial score (nSPS) is 26.2. The molecule has 0 radical (unpaired) electrons. The number of fused-ring (bicyclic) bond motifs is 1. The van der Waals surface area contributed by atoms with Crippen LogP contribution < -0.4 is 4.90 Å². The summed E-state index contributed by atoms with van der Waals surface area (Å²) in [5, 5.41) is 11.4. The van der Waals surface area contributed by atoms with E-state index in [4.69, 9.17) is 16.3 Å². The van der Waals surface area contributed by atoms with Crippen molar-refractivity contribution in [1.82, 2.24) is 9.80 Å². The Morgan fingerprint density at radius 1 is 0.979 bits per heavy atom. The van der Waals surface area contributed by atoms with Gasteiger partial charge < -0.3 is 24.5 Å². The van der Waals surface area contributed by atoms with E-state index in [1.165, 1.54) is 4.90 Å². The van der Waals surface area contributed by atoms with Crippen molar-refractivity contribution in [2.75, 3.05) is 24.6 Å². The Morgan fingerprint density at radius 3 is 2.21 bits per heavy atom. The predicted molar refractivity (Wildman–Crippen MR) is 190 cm³/mol. The van der Waals surface area contributed by atoms with E-state index in [0.29, 0.717) is 30.1 Å². The lowest BCUT2D eigenvalue weighted by atomic mass is 9.70. The number of hydrogen-bond donors (Lipinski definition) is 1. The summed E-state index contributed by atoms with van der Waals surface area (Å²) in [7, 11) is 0. The summed E-state index contributed by atoms with van der Waals surface area (Å²) >= 11 is 9.98. The lowest BCUT2D eigenvalue weighted by molar-refractivity contribution is -0.147. The highest BCUT2D eigenvalue weighted by Crippen LogP contribution is 2.61. The van der Waals surface area contributed by atoms with Crippen molar-refractivity contribution >= 4 is 50.9 Å². The number of carbonyl (C=O) groups is 3. The molecule has 3 aromatic carbocycles. The zero-order valence-electron chi connectivity index (χ0n) is 26.5. The Labute approximate surface area is 294 Å². The second-order valence-corrected chi connectivity index (χ2v) is 14.3. The number of hydrogen-bond acceptors (Lipinski definition) is 5. The third-order valence-electron chi connectivity index (χ3n) is 9.76. The van der Waals surface area contributed by atoms with Crippen LogP contribution in [0.3, 0.4) is 0 Å². The molecule has 3 aliphatic heterocycles. The van der Waals surface area contributed by atoms with Gasteiger partial charge in [0.05, 0.1) is 30.6 Å². The standard InChI is InChI=1S/C38H39BrClN3O5/c1-3-19-41(23-26-13-9-6-10-14-26)35(45)31-32-36(46)43(29(24-44)21-25-11-7-5-8-12-25)34(38(32)22-30(39)33(31)48-38)37(47)42(20-4-2)28-17-15-27(40)16-18-28/h3-18,29-34,44H,1-2,19-24H2/t29-,30?,31-,32+,33-,34?,38?/m1/s1. The molecule has 3 fully saturated rings. The summed E-state index contributed by atoms with van der Waals surface area (Å²) in [5.74, 6) is -2.75. The summed E-state index contributed by atoms with van der Waals surface area (Å²) < 4.78 is 6.81. The van der Waals surface area contributed by atoms with Gasteiger partial charge in [0.1, 0.15) is 11.6 Å². The molecule has 10 heteroatoms. The van der Waals surface area contributed by atoms with E-state index < -0.39 is 35.6 Å². The Balaban J connectivity index is 1.44. The van der Waals surface area contributed by atoms with E-state index in [1.54, 1.807) is 46.2 Å². The molecule has 7 atom stereocenters. The van der Waals surface area contributed by atoms with Gasteiger partial charge in [-0.25, -0.2) is 0 Å². The van der Waals surface area contributed by atoms with E-state index in [-0.39, 0.29) is 42.2 Å². The highest BCUT2D eigenvalue weighted by Gasteiger charge is 2.77. The predicted octanol–water partition coefficient (Wildman–Crippen LogP) is 5.43. The molecule has 3 heterocycles. The maximum atomic E-state index is 15.0. The first-order valence-corrected chi connectivity index (χ1v) is 17.4. The topological polar surface area (TPSA) is 90.4 Å². The number of halogens is 2. The van der Waals surface area contributed by atoms with Gasteiger partial charge in [0.2, 0.25) is 11.8 Å². The first kappa shape index (κ1) is 34.1. The SMILES string of the molecule is C=CCN(Cc1ccccc1)C(=O)[C@H]1[C@@H]2OC3(CC2Br)C(C(=O)N(CC=C)c2ccc(Cl)cc2)N([C@@H](CO)Cc2ccccc2)C(=O)[C@H]13. The molecule has 0 saturated carbocycles. The van der Waals surface area contributed by atoms with Crippen LogP contribution in [-0.4, -0.2) is 80.9 Å². The monoisotopic (exact) mass is 731 g/mol. The first-order valence-electron chi connectivity index (χ1n) is 16.1. The summed E-state index contributed by atoms with van der Waals surface area (Å²) in [6.45, 7) is 8.16. The molecule has 250 valence electrons. The fourth-order valence-electron chi connectivity index (χ4n) is 7.78. The fourth-order valence-corrected chi connectivity index (χ4v) is 8.85. The number of aliphatic hydroxyl groups is 1. The van der Waals surface area contributed by atoms with Gasteiger partial charge in [-0.3, -0.25) is 14.4 Å². The second kappa shape index (κ2) is 14.4. The van der Waals surface area contributed by atoms with Crippen LogP contribution in [0.1, 0.15) is 17.5 Å². The van der Waals surface area contributed by atoms with Crippen LogP contribution in [0.5, 0.6) is 0 Å². The van der Waals surface area contributed by atoms with Gasteiger partial charge in [-0.2, -0.15) is 0 Å². The number of carbonyl (C=O) groups excluding carboxylic acids is 3. The Hall–Kier alpha value is -3.76. The minimum absolute atomic E-state index is 0.163. The molecule has 3 amide bonds. The minimum Gasteiger partial charge on any atom is -0.394 e. The van der Waals surface area contributed by atoms with Crippen molar-refractivity contribution < 1.29 is 24.2 Å². The van der Waals surface area contributed by atoms with Gasteiger partial charge in [-0.05, 0) is 48.2 Å². The zero-order valence-corrected chi connectivity index (χ0v) is 28.9. The van der Waals surface area contributed by atoms with Gasteiger partial charge in [-0.15, -0.1) is 13.2 Å². The van der Waals surface area contributed by atoms with E-state index in [9.17, 15) is 14.7 Å². The molecule has 3 aliphatic rings. The largest absolute Gasteiger partial charge is 0.394 e. The van der Waals surface area contributed by atoms with Crippen LogP contribution in [0.25, 0.3) is 0 Å². The Kier molecular flexibility index (Phi) is 10.2. The maximum absolute atomic E-state index is 15.0. The molecule has 3 unspecified atom stereocenters. The summed E-state index contributed by atoms with van der Waals surface area (Å²) in [6.07, 6.45) is 3.33. The van der Waals surface area contributed by atoms with Crippen molar-refractivity contribution in [2.24, 2.45) is 11.8 Å². The molecular weight excluding hydrogens is 694 g/mol. The molecule has 1 spiro atoms. The first-order chi connectivity index (χ1) is 23.2. The number of amides is 3. The number of alkyl halides is 1. The third-order valence-corrected chi connectivity index (χ3v) is 10.9. The average molecular weight is 733 g/mol. The number of aliphatic hydroxyl groups excluding tert-OH is 1. The molecule has 3 aromatic rings. The molecular formula is C38H39BrClN3O5. The van der Waals surface area contributed by atoms with E-state index in [0.717, 1.165) is 11.1 Å². The van der Waals surface area contributed by atoms with Crippen molar-refractivity contribution in [3.8, 4) is 0 Å². The lowest BCUT2D eigenvalue weighted by Gasteiger charge is -2.39. The van der Waals surface area contributed by atoms with Gasteiger partial charge >= 0.3 is 0 Å². The zero-order chi connectivity index (χ0) is 34.0. The van der Waals surface area contributed by atoms with Crippen LogP contribution in [0, 0.1) is 11.8 Å². The minimum atomic E-state index is -1.31. The number of benzene rings is 3. The Morgan fingerprint density at radius 2 is 1.60 bits per heavy atom. The van der Waals surface area contributed by atoms with Gasteiger partial charge in [-0.1, -0.05) is 100 Å². The van der Waals surface area contributed by atoms with Crippen LogP contribution >= 0.6 is 27.5 Å². The van der Waals surface area contributed by atoms with E-state index in [1.807, 2.05) is 60.7 Å². The van der Waals surface area contributed by atoms with Crippen molar-refractivity contribution in [3.63, 3.8) is 0 Å². The molecule has 1 N–H and O–H groups in total. The average Bonchev–Trinajstić information content (AvgIpc) is 3.70. The lowest BCUT2D eigenvalue weighted by Crippen LogP contribution is -2.59.